The molecular weight excluding hydrogens is 256 g/mol. The van der Waals surface area contributed by atoms with Crippen LogP contribution in [0.25, 0.3) is 0 Å². The molecule has 4 heteroatoms. The molecule has 108 valence electrons. The lowest BCUT2D eigenvalue weighted by atomic mass is 10.1. The number of amides is 1. The fraction of sp³-hybridized carbons (Fsp3) is 0.733. The van der Waals surface area contributed by atoms with Gasteiger partial charge in [-0.1, -0.05) is 58.3 Å². The largest absolute Gasteiger partial charge is 0.302 e. The number of hydrogen-bond acceptors (Lipinski definition) is 3. The molecule has 1 N–H and O–H groups in total. The molecule has 0 unspecified atom stereocenters. The minimum atomic E-state index is 0.0953. The van der Waals surface area contributed by atoms with Gasteiger partial charge in [-0.3, -0.25) is 4.79 Å². The van der Waals surface area contributed by atoms with Crippen LogP contribution in [0.15, 0.2) is 11.6 Å². The van der Waals surface area contributed by atoms with Crippen LogP contribution < -0.4 is 5.32 Å². The second-order valence-electron chi connectivity index (χ2n) is 4.96. The lowest BCUT2D eigenvalue weighted by Gasteiger charge is -2.02. The summed E-state index contributed by atoms with van der Waals surface area (Å²) < 4.78 is 0. The average molecular weight is 282 g/mol. The number of carbonyl (C=O) groups is 1. The third-order valence-corrected chi connectivity index (χ3v) is 3.87. The summed E-state index contributed by atoms with van der Waals surface area (Å²) in [6.45, 7) is 2.25. The SMILES string of the molecule is CCCCCCCCCCCC(=O)Nc1nccs1. The van der Waals surface area contributed by atoms with Crippen LogP contribution in [0.1, 0.15) is 71.1 Å². The van der Waals surface area contributed by atoms with Gasteiger partial charge in [0.2, 0.25) is 5.91 Å². The summed E-state index contributed by atoms with van der Waals surface area (Å²) in [4.78, 5) is 15.6. The summed E-state index contributed by atoms with van der Waals surface area (Å²) in [6.07, 6.45) is 13.9. The van der Waals surface area contributed by atoms with E-state index >= 15 is 0 Å². The summed E-state index contributed by atoms with van der Waals surface area (Å²) in [6, 6.07) is 0. The van der Waals surface area contributed by atoms with Crippen molar-refractivity contribution in [2.75, 3.05) is 5.32 Å². The number of aromatic nitrogens is 1. The zero-order chi connectivity index (χ0) is 13.8. The first kappa shape index (κ1) is 16.2. The van der Waals surface area contributed by atoms with Crippen LogP contribution in [-0.2, 0) is 4.79 Å². The van der Waals surface area contributed by atoms with E-state index in [2.05, 4.69) is 17.2 Å². The number of hydrogen-bond donors (Lipinski definition) is 1. The Morgan fingerprint density at radius 2 is 1.74 bits per heavy atom. The van der Waals surface area contributed by atoms with Crippen LogP contribution in [-0.4, -0.2) is 10.9 Å². The van der Waals surface area contributed by atoms with E-state index in [-0.39, 0.29) is 5.91 Å². The van der Waals surface area contributed by atoms with Gasteiger partial charge in [-0.25, -0.2) is 4.98 Å². The van der Waals surface area contributed by atoms with Crippen molar-refractivity contribution in [3.05, 3.63) is 11.6 Å². The number of unbranched alkanes of at least 4 members (excludes halogenated alkanes) is 8. The molecule has 0 saturated heterocycles. The number of carbonyl (C=O) groups excluding carboxylic acids is 1. The Balaban J connectivity index is 1.86. The van der Waals surface area contributed by atoms with E-state index in [1.807, 2.05) is 5.38 Å². The number of rotatable bonds is 11. The average Bonchev–Trinajstić information content (AvgIpc) is 2.89. The predicted octanol–water partition coefficient (Wildman–Crippen LogP) is 5.00. The highest BCUT2D eigenvalue weighted by Gasteiger charge is 2.03. The fourth-order valence-electron chi connectivity index (χ4n) is 2.06. The zero-order valence-corrected chi connectivity index (χ0v) is 12.8. The van der Waals surface area contributed by atoms with Crippen molar-refractivity contribution in [3.63, 3.8) is 0 Å². The first-order valence-corrected chi connectivity index (χ1v) is 8.40. The van der Waals surface area contributed by atoms with Crippen LogP contribution in [0.5, 0.6) is 0 Å². The molecule has 0 aliphatic carbocycles. The number of anilines is 1. The van der Waals surface area contributed by atoms with Crippen molar-refractivity contribution in [1.29, 1.82) is 0 Å². The van der Waals surface area contributed by atoms with Crippen molar-refractivity contribution in [1.82, 2.24) is 4.98 Å². The summed E-state index contributed by atoms with van der Waals surface area (Å²) >= 11 is 1.46. The molecule has 0 aliphatic heterocycles. The van der Waals surface area contributed by atoms with Crippen molar-refractivity contribution in [2.24, 2.45) is 0 Å². The Kier molecular flexibility index (Phi) is 9.33. The lowest BCUT2D eigenvalue weighted by Crippen LogP contribution is -2.10. The molecule has 19 heavy (non-hydrogen) atoms. The lowest BCUT2D eigenvalue weighted by molar-refractivity contribution is -0.116. The Morgan fingerprint density at radius 1 is 1.11 bits per heavy atom. The Bertz CT molecular complexity index is 325. The second kappa shape index (κ2) is 11.0. The molecule has 0 aromatic carbocycles. The number of nitrogens with one attached hydrogen (secondary N) is 1. The topological polar surface area (TPSA) is 42.0 Å². The van der Waals surface area contributed by atoms with Crippen LogP contribution in [0.3, 0.4) is 0 Å². The van der Waals surface area contributed by atoms with Gasteiger partial charge < -0.3 is 5.32 Å². The van der Waals surface area contributed by atoms with E-state index in [1.54, 1.807) is 6.20 Å². The molecule has 1 aromatic heterocycles. The molecule has 0 spiro atoms. The van der Waals surface area contributed by atoms with Crippen LogP contribution in [0.4, 0.5) is 5.13 Å². The van der Waals surface area contributed by atoms with Gasteiger partial charge in [0.05, 0.1) is 0 Å². The minimum absolute atomic E-state index is 0.0953. The third-order valence-electron chi connectivity index (χ3n) is 3.19. The molecule has 0 aliphatic rings. The molecule has 0 bridgehead atoms. The maximum atomic E-state index is 11.6. The predicted molar refractivity (Wildman–Crippen MR) is 82.6 cm³/mol. The third kappa shape index (κ3) is 8.76. The smallest absolute Gasteiger partial charge is 0.226 e. The number of nitrogens with zero attached hydrogens (tertiary/aromatic N) is 1. The zero-order valence-electron chi connectivity index (χ0n) is 12.0. The minimum Gasteiger partial charge on any atom is -0.302 e. The monoisotopic (exact) mass is 282 g/mol. The quantitative estimate of drug-likeness (QED) is 0.580. The van der Waals surface area contributed by atoms with Crippen molar-refractivity contribution < 1.29 is 4.79 Å². The van der Waals surface area contributed by atoms with Gasteiger partial charge in [0.1, 0.15) is 0 Å². The fourth-order valence-corrected chi connectivity index (χ4v) is 2.61. The van der Waals surface area contributed by atoms with E-state index in [0.29, 0.717) is 11.6 Å². The molecule has 0 saturated carbocycles. The highest BCUT2D eigenvalue weighted by molar-refractivity contribution is 7.13. The molecule has 1 aromatic rings. The van der Waals surface area contributed by atoms with E-state index in [0.717, 1.165) is 6.42 Å². The van der Waals surface area contributed by atoms with Crippen molar-refractivity contribution in [3.8, 4) is 0 Å². The normalized spacial score (nSPS) is 10.6. The first-order chi connectivity index (χ1) is 9.33. The van der Waals surface area contributed by atoms with Crippen molar-refractivity contribution in [2.45, 2.75) is 71.1 Å². The van der Waals surface area contributed by atoms with Crippen LogP contribution >= 0.6 is 11.3 Å². The summed E-state index contributed by atoms with van der Waals surface area (Å²) in [5.41, 5.74) is 0. The van der Waals surface area contributed by atoms with Gasteiger partial charge in [0.25, 0.3) is 0 Å². The maximum absolute atomic E-state index is 11.6. The molecule has 1 rings (SSSR count). The molecule has 1 amide bonds. The molecule has 3 nitrogen and oxygen atoms in total. The van der Waals surface area contributed by atoms with Gasteiger partial charge in [-0.05, 0) is 6.42 Å². The van der Waals surface area contributed by atoms with Gasteiger partial charge in [0.15, 0.2) is 5.13 Å². The van der Waals surface area contributed by atoms with E-state index in [9.17, 15) is 4.79 Å². The van der Waals surface area contributed by atoms with Crippen LogP contribution in [0, 0.1) is 0 Å². The molecule has 0 radical (unpaired) electrons. The van der Waals surface area contributed by atoms with Gasteiger partial charge in [0, 0.05) is 18.0 Å². The Morgan fingerprint density at radius 3 is 2.32 bits per heavy atom. The second-order valence-corrected chi connectivity index (χ2v) is 5.86. The standard InChI is InChI=1S/C15H26N2OS/c1-2-3-4-5-6-7-8-9-10-11-14(18)17-15-16-12-13-19-15/h12-13H,2-11H2,1H3,(H,16,17,18). The summed E-state index contributed by atoms with van der Waals surface area (Å²) in [5, 5.41) is 5.39. The molecule has 0 atom stereocenters. The van der Waals surface area contributed by atoms with Crippen molar-refractivity contribution >= 4 is 22.4 Å². The molecule has 1 heterocycles. The molecular formula is C15H26N2OS. The van der Waals surface area contributed by atoms with E-state index < -0.39 is 0 Å². The maximum Gasteiger partial charge on any atom is 0.226 e. The van der Waals surface area contributed by atoms with E-state index in [1.165, 1.54) is 62.7 Å². The number of thiazole rings is 1. The first-order valence-electron chi connectivity index (χ1n) is 7.52. The highest BCUT2D eigenvalue weighted by atomic mass is 32.1. The molecule has 0 fully saturated rings. The summed E-state index contributed by atoms with van der Waals surface area (Å²) in [5.74, 6) is 0.0953. The highest BCUT2D eigenvalue weighted by Crippen LogP contribution is 2.13. The van der Waals surface area contributed by atoms with Gasteiger partial charge in [-0.15, -0.1) is 11.3 Å². The summed E-state index contributed by atoms with van der Waals surface area (Å²) in [7, 11) is 0. The van der Waals surface area contributed by atoms with Gasteiger partial charge in [-0.2, -0.15) is 0 Å². The van der Waals surface area contributed by atoms with Gasteiger partial charge >= 0.3 is 0 Å². The Labute approximate surface area is 120 Å². The van der Waals surface area contributed by atoms with Crippen LogP contribution in [0.2, 0.25) is 0 Å². The van der Waals surface area contributed by atoms with E-state index in [4.69, 9.17) is 0 Å². The Hall–Kier alpha value is -0.900.